The first-order valence-electron chi connectivity index (χ1n) is 5.79. The third-order valence-corrected chi connectivity index (χ3v) is 3.82. The maximum Gasteiger partial charge on any atom is 0.145 e. The zero-order chi connectivity index (χ0) is 11.8. The Balaban J connectivity index is 2.37. The molecule has 1 aromatic rings. The molecule has 1 saturated carbocycles. The third-order valence-electron chi connectivity index (χ3n) is 3.82. The largest absolute Gasteiger partial charge is 0.298 e. The summed E-state index contributed by atoms with van der Waals surface area (Å²) in [6, 6.07) is 10.3. The Labute approximate surface area is 97.2 Å². The van der Waals surface area contributed by atoms with Crippen molar-refractivity contribution in [3.63, 3.8) is 0 Å². The Morgan fingerprint density at radius 2 is 1.94 bits per heavy atom. The molecule has 2 atom stereocenters. The molecule has 0 aromatic heterocycles. The zero-order valence-corrected chi connectivity index (χ0v) is 9.94. The van der Waals surface area contributed by atoms with E-state index < -0.39 is 0 Å². The molecular weight excluding hydrogens is 196 g/mol. The summed E-state index contributed by atoms with van der Waals surface area (Å²) in [5.41, 5.74) is 1.01. The molecule has 0 amide bonds. The highest BCUT2D eigenvalue weighted by atomic mass is 16.1. The minimum absolute atomic E-state index is 0.0280. The molecule has 1 fully saturated rings. The quantitative estimate of drug-likeness (QED) is 0.688. The van der Waals surface area contributed by atoms with Crippen molar-refractivity contribution in [2.75, 3.05) is 0 Å². The molecule has 1 heteroatoms. The number of Topliss-reactive ketones (excluding diaryl/α,β-unsaturated/α-hetero) is 1. The predicted octanol–water partition coefficient (Wildman–Crippen LogP) is 3.57. The van der Waals surface area contributed by atoms with Gasteiger partial charge >= 0.3 is 0 Å². The highest BCUT2D eigenvalue weighted by Crippen LogP contribution is 2.49. The molecule has 0 radical (unpaired) electrons. The van der Waals surface area contributed by atoms with Crippen LogP contribution in [-0.4, -0.2) is 5.78 Å². The van der Waals surface area contributed by atoms with Gasteiger partial charge in [-0.2, -0.15) is 0 Å². The van der Waals surface area contributed by atoms with E-state index in [2.05, 4.69) is 32.6 Å². The molecule has 0 bridgehead atoms. The summed E-state index contributed by atoms with van der Waals surface area (Å²) in [6.45, 7) is 7.87. The van der Waals surface area contributed by atoms with Gasteiger partial charge in [0, 0.05) is 11.3 Å². The van der Waals surface area contributed by atoms with Gasteiger partial charge in [0.1, 0.15) is 5.78 Å². The highest BCUT2D eigenvalue weighted by molar-refractivity contribution is 5.91. The summed E-state index contributed by atoms with van der Waals surface area (Å²) < 4.78 is 0. The molecule has 0 saturated heterocycles. The lowest BCUT2D eigenvalue weighted by molar-refractivity contribution is -0.126. The number of benzene rings is 1. The lowest BCUT2D eigenvalue weighted by Gasteiger charge is -2.25. The number of allylic oxidation sites excluding steroid dienone is 1. The number of hydrogen-bond donors (Lipinski definition) is 0. The van der Waals surface area contributed by atoms with Crippen molar-refractivity contribution in [1.82, 2.24) is 0 Å². The third kappa shape index (κ3) is 1.60. The van der Waals surface area contributed by atoms with Gasteiger partial charge in [0.2, 0.25) is 0 Å². The van der Waals surface area contributed by atoms with E-state index in [1.54, 1.807) is 6.08 Å². The number of carbonyl (C=O) groups is 1. The van der Waals surface area contributed by atoms with Crippen LogP contribution in [0.25, 0.3) is 0 Å². The van der Waals surface area contributed by atoms with Gasteiger partial charge in [0.15, 0.2) is 0 Å². The SMILES string of the molecule is C=CC1CC(c2ccccc2)C(C)(C)C1=O. The molecule has 0 spiro atoms. The van der Waals surface area contributed by atoms with Crippen LogP contribution in [0.1, 0.15) is 31.7 Å². The van der Waals surface area contributed by atoms with Gasteiger partial charge in [-0.3, -0.25) is 4.79 Å². The summed E-state index contributed by atoms with van der Waals surface area (Å²) in [5, 5.41) is 0. The van der Waals surface area contributed by atoms with E-state index in [1.165, 1.54) is 5.56 Å². The van der Waals surface area contributed by atoms with E-state index in [9.17, 15) is 4.79 Å². The Bertz CT molecular complexity index is 403. The summed E-state index contributed by atoms with van der Waals surface area (Å²) >= 11 is 0. The van der Waals surface area contributed by atoms with Crippen LogP contribution in [0.4, 0.5) is 0 Å². The second kappa shape index (κ2) is 3.89. The van der Waals surface area contributed by atoms with Crippen LogP contribution in [0.15, 0.2) is 43.0 Å². The van der Waals surface area contributed by atoms with Crippen LogP contribution in [0.5, 0.6) is 0 Å². The monoisotopic (exact) mass is 214 g/mol. The van der Waals surface area contributed by atoms with E-state index in [-0.39, 0.29) is 11.3 Å². The van der Waals surface area contributed by atoms with Crippen LogP contribution in [0, 0.1) is 11.3 Å². The van der Waals surface area contributed by atoms with Gasteiger partial charge in [-0.1, -0.05) is 50.3 Å². The molecule has 84 valence electrons. The summed E-state index contributed by atoms with van der Waals surface area (Å²) in [6.07, 6.45) is 2.70. The van der Waals surface area contributed by atoms with Crippen molar-refractivity contribution in [3.8, 4) is 0 Å². The fraction of sp³-hybridized carbons (Fsp3) is 0.400. The average molecular weight is 214 g/mol. The van der Waals surface area contributed by atoms with Crippen molar-refractivity contribution < 1.29 is 4.79 Å². The van der Waals surface area contributed by atoms with E-state index >= 15 is 0 Å². The van der Waals surface area contributed by atoms with Crippen LogP contribution in [0.2, 0.25) is 0 Å². The number of carbonyl (C=O) groups excluding carboxylic acids is 1. The Kier molecular flexibility index (Phi) is 2.71. The minimum Gasteiger partial charge on any atom is -0.298 e. The Morgan fingerprint density at radius 3 is 2.44 bits per heavy atom. The first kappa shape index (κ1) is 11.1. The summed E-state index contributed by atoms with van der Waals surface area (Å²) in [4.78, 5) is 12.2. The standard InChI is InChI=1S/C15H18O/c1-4-11-10-13(15(2,3)14(11)16)12-8-6-5-7-9-12/h4-9,11,13H,1,10H2,2-3H3. The molecule has 2 unspecified atom stereocenters. The van der Waals surface area contributed by atoms with E-state index in [0.717, 1.165) is 6.42 Å². The topological polar surface area (TPSA) is 17.1 Å². The maximum absolute atomic E-state index is 12.2. The smallest absolute Gasteiger partial charge is 0.145 e. The zero-order valence-electron chi connectivity index (χ0n) is 9.94. The molecule has 0 aliphatic heterocycles. The van der Waals surface area contributed by atoms with Gasteiger partial charge in [0.05, 0.1) is 0 Å². The van der Waals surface area contributed by atoms with Crippen molar-refractivity contribution in [2.45, 2.75) is 26.2 Å². The molecule has 1 nitrogen and oxygen atoms in total. The second-order valence-corrected chi connectivity index (χ2v) is 5.13. The first-order chi connectivity index (χ1) is 7.57. The first-order valence-corrected chi connectivity index (χ1v) is 5.79. The molecule has 0 heterocycles. The molecule has 16 heavy (non-hydrogen) atoms. The molecule has 1 aromatic carbocycles. The predicted molar refractivity (Wildman–Crippen MR) is 66.3 cm³/mol. The summed E-state index contributed by atoms with van der Waals surface area (Å²) in [7, 11) is 0. The highest BCUT2D eigenvalue weighted by Gasteiger charge is 2.47. The second-order valence-electron chi connectivity index (χ2n) is 5.13. The van der Waals surface area contributed by atoms with Crippen LogP contribution in [-0.2, 0) is 4.79 Å². The molecular formula is C15H18O. The van der Waals surface area contributed by atoms with E-state index in [1.807, 2.05) is 18.2 Å². The van der Waals surface area contributed by atoms with Gasteiger partial charge < -0.3 is 0 Å². The Hall–Kier alpha value is -1.37. The number of hydrogen-bond acceptors (Lipinski definition) is 1. The lowest BCUT2D eigenvalue weighted by Crippen LogP contribution is -2.25. The van der Waals surface area contributed by atoms with Gasteiger partial charge in [-0.15, -0.1) is 6.58 Å². The molecule has 1 aliphatic carbocycles. The molecule has 2 rings (SSSR count). The van der Waals surface area contributed by atoms with Gasteiger partial charge in [0.25, 0.3) is 0 Å². The average Bonchev–Trinajstić information content (AvgIpc) is 2.52. The minimum atomic E-state index is -0.264. The lowest BCUT2D eigenvalue weighted by atomic mass is 9.77. The van der Waals surface area contributed by atoms with Crippen LogP contribution >= 0.6 is 0 Å². The van der Waals surface area contributed by atoms with Gasteiger partial charge in [-0.25, -0.2) is 0 Å². The molecule has 0 N–H and O–H groups in total. The van der Waals surface area contributed by atoms with Crippen LogP contribution < -0.4 is 0 Å². The van der Waals surface area contributed by atoms with Crippen LogP contribution in [0.3, 0.4) is 0 Å². The van der Waals surface area contributed by atoms with Gasteiger partial charge in [-0.05, 0) is 17.9 Å². The van der Waals surface area contributed by atoms with E-state index in [0.29, 0.717) is 11.7 Å². The van der Waals surface area contributed by atoms with Crippen molar-refractivity contribution >= 4 is 5.78 Å². The number of ketones is 1. The van der Waals surface area contributed by atoms with Crippen molar-refractivity contribution in [2.24, 2.45) is 11.3 Å². The number of rotatable bonds is 2. The fourth-order valence-corrected chi connectivity index (χ4v) is 2.75. The Morgan fingerprint density at radius 1 is 1.31 bits per heavy atom. The maximum atomic E-state index is 12.2. The molecule has 1 aliphatic rings. The van der Waals surface area contributed by atoms with Crippen molar-refractivity contribution in [1.29, 1.82) is 0 Å². The fourth-order valence-electron chi connectivity index (χ4n) is 2.75. The van der Waals surface area contributed by atoms with Crippen molar-refractivity contribution in [3.05, 3.63) is 48.6 Å². The van der Waals surface area contributed by atoms with E-state index in [4.69, 9.17) is 0 Å². The normalized spacial score (nSPS) is 28.0. The summed E-state index contributed by atoms with van der Waals surface area (Å²) in [5.74, 6) is 0.681.